The van der Waals surface area contributed by atoms with Gasteiger partial charge >= 0.3 is 0 Å². The molecule has 3 heteroatoms. The molecule has 2 unspecified atom stereocenters. The molecule has 0 radical (unpaired) electrons. The summed E-state index contributed by atoms with van der Waals surface area (Å²) in [5.41, 5.74) is 0. The summed E-state index contributed by atoms with van der Waals surface area (Å²) in [5.74, 6) is 0. The average molecular weight is 142 g/mol. The molecule has 0 aromatic heterocycles. The fourth-order valence-electron chi connectivity index (χ4n) is 2.07. The van der Waals surface area contributed by atoms with Crippen LogP contribution in [-0.4, -0.2) is 27.1 Å². The van der Waals surface area contributed by atoms with E-state index in [4.69, 9.17) is 9.16 Å². The third-order valence-corrected chi connectivity index (χ3v) is 7.02. The Morgan fingerprint density at radius 3 is 2.22 bits per heavy atom. The summed E-state index contributed by atoms with van der Waals surface area (Å²) >= 11 is 0. The van der Waals surface area contributed by atoms with E-state index in [2.05, 4.69) is 0 Å². The third kappa shape index (κ3) is 0.526. The second kappa shape index (κ2) is 1.26. The molecule has 3 aliphatic heterocycles. The molecule has 3 heterocycles. The van der Waals surface area contributed by atoms with Crippen molar-refractivity contribution in [3.05, 3.63) is 0 Å². The molecular formula is C6H10O2Si. The van der Waals surface area contributed by atoms with Crippen molar-refractivity contribution in [1.82, 2.24) is 0 Å². The molecule has 1 spiro atoms. The largest absolute Gasteiger partial charge is 0.417 e. The van der Waals surface area contributed by atoms with E-state index in [1.807, 2.05) is 0 Å². The van der Waals surface area contributed by atoms with Crippen molar-refractivity contribution in [3.63, 3.8) is 0 Å². The van der Waals surface area contributed by atoms with Crippen molar-refractivity contribution in [2.45, 2.75) is 30.3 Å². The van der Waals surface area contributed by atoms with Crippen LogP contribution in [0, 0.1) is 0 Å². The molecule has 0 N–H and O–H groups in total. The Kier molecular flexibility index (Phi) is 0.683. The molecule has 2 nitrogen and oxygen atoms in total. The van der Waals surface area contributed by atoms with Gasteiger partial charge in [-0.2, -0.15) is 0 Å². The van der Waals surface area contributed by atoms with Crippen LogP contribution >= 0.6 is 0 Å². The number of fused-ring (bicyclic) bond motifs is 1. The van der Waals surface area contributed by atoms with Crippen LogP contribution in [0.3, 0.4) is 0 Å². The number of hydrogen-bond acceptors (Lipinski definition) is 2. The van der Waals surface area contributed by atoms with Crippen LogP contribution in [0.2, 0.25) is 18.1 Å². The van der Waals surface area contributed by atoms with E-state index in [9.17, 15) is 0 Å². The highest BCUT2D eigenvalue weighted by molar-refractivity contribution is 6.77. The Morgan fingerprint density at radius 1 is 1.22 bits per heavy atom. The number of ether oxygens (including phenoxy) is 1. The van der Waals surface area contributed by atoms with Crippen molar-refractivity contribution < 1.29 is 9.16 Å². The van der Waals surface area contributed by atoms with E-state index in [-0.39, 0.29) is 0 Å². The van der Waals surface area contributed by atoms with Gasteiger partial charge in [-0.15, -0.1) is 0 Å². The molecule has 9 heavy (non-hydrogen) atoms. The highest BCUT2D eigenvalue weighted by Gasteiger charge is 2.60. The highest BCUT2D eigenvalue weighted by atomic mass is 28.4. The van der Waals surface area contributed by atoms with Crippen molar-refractivity contribution in [3.8, 4) is 0 Å². The Bertz CT molecular complexity index is 143. The molecule has 3 aliphatic rings. The van der Waals surface area contributed by atoms with Crippen LogP contribution in [0.4, 0.5) is 0 Å². The van der Waals surface area contributed by atoms with Gasteiger partial charge in [0.15, 0.2) is 8.32 Å². The van der Waals surface area contributed by atoms with Crippen molar-refractivity contribution in [2.24, 2.45) is 0 Å². The molecule has 3 fully saturated rings. The zero-order valence-electron chi connectivity index (χ0n) is 5.30. The molecule has 0 aliphatic carbocycles. The van der Waals surface area contributed by atoms with Crippen molar-refractivity contribution >= 4 is 8.32 Å². The lowest BCUT2D eigenvalue weighted by Gasteiger charge is -2.36. The Labute approximate surface area is 55.3 Å². The Morgan fingerprint density at radius 2 is 1.89 bits per heavy atom. The van der Waals surface area contributed by atoms with Gasteiger partial charge in [0.05, 0.1) is 12.2 Å². The normalized spacial score (nSPS) is 61.3. The number of hydrogen-bond donors (Lipinski definition) is 0. The predicted octanol–water partition coefficient (Wildman–Crippen LogP) is 0.743. The molecule has 50 valence electrons. The van der Waals surface area contributed by atoms with Crippen LogP contribution in [0.15, 0.2) is 0 Å². The lowest BCUT2D eigenvalue weighted by Crippen LogP contribution is -2.47. The molecule has 0 amide bonds. The molecule has 0 bridgehead atoms. The lowest BCUT2D eigenvalue weighted by atomic mass is 10.4. The van der Waals surface area contributed by atoms with Crippen molar-refractivity contribution in [1.29, 1.82) is 0 Å². The summed E-state index contributed by atoms with van der Waals surface area (Å²) in [4.78, 5) is 0. The van der Waals surface area contributed by atoms with E-state index >= 15 is 0 Å². The quantitative estimate of drug-likeness (QED) is 0.367. The van der Waals surface area contributed by atoms with E-state index in [0.717, 1.165) is 6.61 Å². The first-order valence-electron chi connectivity index (χ1n) is 3.67. The van der Waals surface area contributed by atoms with E-state index in [0.29, 0.717) is 12.2 Å². The van der Waals surface area contributed by atoms with Crippen LogP contribution in [0.5, 0.6) is 0 Å². The minimum absolute atomic E-state index is 0.650. The molecular weight excluding hydrogens is 132 g/mol. The Hall–Kier alpha value is 0.137. The van der Waals surface area contributed by atoms with Gasteiger partial charge in [-0.1, -0.05) is 0 Å². The fourth-order valence-corrected chi connectivity index (χ4v) is 5.84. The topological polar surface area (TPSA) is 21.8 Å². The SMILES string of the molecule is C1C[Si]2(CC3OC3C2)O1. The van der Waals surface area contributed by atoms with Gasteiger partial charge in [-0.05, 0) is 18.1 Å². The number of rotatable bonds is 0. The first kappa shape index (κ1) is 4.88. The summed E-state index contributed by atoms with van der Waals surface area (Å²) in [5, 5.41) is 0. The molecule has 0 aromatic rings. The molecule has 0 aromatic carbocycles. The lowest BCUT2D eigenvalue weighted by molar-refractivity contribution is 0.236. The first-order valence-corrected chi connectivity index (χ1v) is 6.20. The van der Waals surface area contributed by atoms with Gasteiger partial charge in [0, 0.05) is 6.61 Å². The average Bonchev–Trinajstić information content (AvgIpc) is 2.37. The standard InChI is InChI=1S/C6H10O2Si/c1-2-9(7-1)3-5-6(4-9)8-5/h5-6H,1-4H2. The van der Waals surface area contributed by atoms with Crippen LogP contribution in [0.25, 0.3) is 0 Å². The molecule has 0 saturated carbocycles. The molecule has 2 atom stereocenters. The minimum Gasteiger partial charge on any atom is -0.417 e. The maximum Gasteiger partial charge on any atom is 0.200 e. The van der Waals surface area contributed by atoms with Gasteiger partial charge in [0.25, 0.3) is 0 Å². The second-order valence-electron chi connectivity index (χ2n) is 3.40. The van der Waals surface area contributed by atoms with Crippen LogP contribution < -0.4 is 0 Å². The van der Waals surface area contributed by atoms with E-state index in [1.54, 1.807) is 0 Å². The van der Waals surface area contributed by atoms with Gasteiger partial charge in [-0.3, -0.25) is 0 Å². The first-order chi connectivity index (χ1) is 4.38. The van der Waals surface area contributed by atoms with Crippen LogP contribution in [-0.2, 0) is 9.16 Å². The summed E-state index contributed by atoms with van der Waals surface area (Å²) < 4.78 is 11.0. The van der Waals surface area contributed by atoms with Gasteiger partial charge < -0.3 is 9.16 Å². The third-order valence-electron chi connectivity index (χ3n) is 2.80. The summed E-state index contributed by atoms with van der Waals surface area (Å²) in [7, 11) is -1.02. The second-order valence-corrected chi connectivity index (χ2v) is 7.37. The molecule has 3 rings (SSSR count). The minimum atomic E-state index is -1.02. The number of epoxide rings is 1. The zero-order valence-corrected chi connectivity index (χ0v) is 6.30. The zero-order chi connectivity index (χ0) is 5.90. The smallest absolute Gasteiger partial charge is 0.200 e. The highest BCUT2D eigenvalue weighted by Crippen LogP contribution is 2.50. The van der Waals surface area contributed by atoms with E-state index < -0.39 is 8.32 Å². The van der Waals surface area contributed by atoms with Gasteiger partial charge in [-0.25, -0.2) is 0 Å². The monoisotopic (exact) mass is 142 g/mol. The maximum atomic E-state index is 5.64. The predicted molar refractivity (Wildman–Crippen MR) is 34.8 cm³/mol. The summed E-state index contributed by atoms with van der Waals surface area (Å²) in [6.45, 7) is 1.05. The van der Waals surface area contributed by atoms with E-state index in [1.165, 1.54) is 18.1 Å². The fraction of sp³-hybridized carbons (Fsp3) is 1.00. The van der Waals surface area contributed by atoms with Gasteiger partial charge in [0.1, 0.15) is 0 Å². The van der Waals surface area contributed by atoms with Gasteiger partial charge in [0.2, 0.25) is 0 Å². The van der Waals surface area contributed by atoms with Crippen molar-refractivity contribution in [2.75, 3.05) is 6.61 Å². The molecule has 3 saturated heterocycles. The summed E-state index contributed by atoms with van der Waals surface area (Å²) in [6.07, 6.45) is 1.30. The maximum absolute atomic E-state index is 5.64. The van der Waals surface area contributed by atoms with Crippen LogP contribution in [0.1, 0.15) is 0 Å². The Balaban J connectivity index is 1.81. The summed E-state index contributed by atoms with van der Waals surface area (Å²) in [6, 6.07) is 4.05.